The van der Waals surface area contributed by atoms with E-state index < -0.39 is 10.0 Å². The molecule has 1 aliphatic heterocycles. The highest BCUT2D eigenvalue weighted by atomic mass is 32.2. The smallest absolute Gasteiger partial charge is 0.253 e. The van der Waals surface area contributed by atoms with Gasteiger partial charge in [-0.3, -0.25) is 0 Å². The van der Waals surface area contributed by atoms with E-state index in [1.54, 1.807) is 4.31 Å². The van der Waals surface area contributed by atoms with Gasteiger partial charge in [0.05, 0.1) is 0 Å². The van der Waals surface area contributed by atoms with Crippen molar-refractivity contribution in [3.8, 4) is 0 Å². The first-order valence-electron chi connectivity index (χ1n) is 5.72. The summed E-state index contributed by atoms with van der Waals surface area (Å²) in [5, 5.41) is 3.21. The molecule has 1 atom stereocenters. The van der Waals surface area contributed by atoms with E-state index in [-0.39, 0.29) is 6.04 Å². The molecule has 6 heteroatoms. The first-order valence-corrected chi connectivity index (χ1v) is 7.98. The number of nitrogens with zero attached hydrogens (tertiary/aromatic N) is 1. The molecule has 0 spiro atoms. The molecule has 1 aromatic rings. The van der Waals surface area contributed by atoms with Crippen LogP contribution in [0.25, 0.3) is 0 Å². The average molecular weight is 274 g/mol. The van der Waals surface area contributed by atoms with Gasteiger partial charge in [-0.2, -0.15) is 4.31 Å². The number of hydrogen-bond donors (Lipinski definition) is 1. The van der Waals surface area contributed by atoms with Crippen LogP contribution < -0.4 is 5.32 Å². The predicted molar refractivity (Wildman–Crippen MR) is 70.0 cm³/mol. The zero-order valence-corrected chi connectivity index (χ0v) is 12.0. The van der Waals surface area contributed by atoms with Crippen LogP contribution in [0.15, 0.2) is 10.3 Å². The van der Waals surface area contributed by atoms with Crippen molar-refractivity contribution in [1.82, 2.24) is 9.62 Å². The lowest BCUT2D eigenvalue weighted by Crippen LogP contribution is -2.52. The Morgan fingerprint density at radius 2 is 2.18 bits per heavy atom. The highest BCUT2D eigenvalue weighted by Crippen LogP contribution is 2.29. The van der Waals surface area contributed by atoms with Crippen molar-refractivity contribution < 1.29 is 8.42 Å². The number of rotatable bonds is 2. The van der Waals surface area contributed by atoms with Crippen molar-refractivity contribution in [2.24, 2.45) is 0 Å². The summed E-state index contributed by atoms with van der Waals surface area (Å²) >= 11 is 1.37. The Morgan fingerprint density at radius 1 is 1.47 bits per heavy atom. The van der Waals surface area contributed by atoms with E-state index in [0.29, 0.717) is 10.8 Å². The molecule has 0 aliphatic carbocycles. The lowest BCUT2D eigenvalue weighted by atomic mass is 10.3. The average Bonchev–Trinajstić information content (AvgIpc) is 2.59. The molecule has 0 radical (unpaired) electrons. The molecule has 2 heterocycles. The molecule has 1 N–H and O–H groups in total. The Bertz CT molecular complexity index is 508. The molecule has 1 fully saturated rings. The largest absolute Gasteiger partial charge is 0.314 e. The third kappa shape index (κ3) is 2.40. The van der Waals surface area contributed by atoms with Crippen LogP contribution in [0.2, 0.25) is 0 Å². The van der Waals surface area contributed by atoms with Crippen LogP contribution >= 0.6 is 11.3 Å². The number of hydrogen-bond acceptors (Lipinski definition) is 4. The molecule has 17 heavy (non-hydrogen) atoms. The fourth-order valence-corrected chi connectivity index (χ4v) is 5.57. The minimum atomic E-state index is -3.31. The van der Waals surface area contributed by atoms with Gasteiger partial charge in [-0.1, -0.05) is 0 Å². The summed E-state index contributed by atoms with van der Waals surface area (Å²) in [5.41, 5.74) is 0.859. The molecule has 0 unspecified atom stereocenters. The topological polar surface area (TPSA) is 49.4 Å². The van der Waals surface area contributed by atoms with E-state index in [4.69, 9.17) is 0 Å². The first-order chi connectivity index (χ1) is 7.93. The molecule has 0 aromatic carbocycles. The number of aryl methyl sites for hydroxylation is 2. The Balaban J connectivity index is 2.39. The third-order valence-corrected chi connectivity index (χ3v) is 6.76. The van der Waals surface area contributed by atoms with Crippen molar-refractivity contribution in [2.75, 3.05) is 19.6 Å². The van der Waals surface area contributed by atoms with Crippen molar-refractivity contribution in [2.45, 2.75) is 31.0 Å². The van der Waals surface area contributed by atoms with Gasteiger partial charge in [0, 0.05) is 30.6 Å². The van der Waals surface area contributed by atoms with Gasteiger partial charge in [-0.15, -0.1) is 11.3 Å². The van der Waals surface area contributed by atoms with Gasteiger partial charge >= 0.3 is 0 Å². The van der Waals surface area contributed by atoms with E-state index in [2.05, 4.69) is 5.32 Å². The molecule has 1 aromatic heterocycles. The Kier molecular flexibility index (Phi) is 3.58. The molecule has 0 saturated carbocycles. The number of thiophene rings is 1. The maximum absolute atomic E-state index is 12.5. The third-order valence-electron chi connectivity index (χ3n) is 2.98. The second-order valence-electron chi connectivity index (χ2n) is 4.50. The normalized spacial score (nSPS) is 22.9. The molecule has 0 amide bonds. The molecule has 2 rings (SSSR count). The fraction of sp³-hybridized carbons (Fsp3) is 0.636. The highest BCUT2D eigenvalue weighted by molar-refractivity contribution is 7.91. The molecule has 1 aliphatic rings. The summed E-state index contributed by atoms with van der Waals surface area (Å²) < 4.78 is 27.2. The summed E-state index contributed by atoms with van der Waals surface area (Å²) in [6, 6.07) is 1.96. The van der Waals surface area contributed by atoms with Gasteiger partial charge in [0.1, 0.15) is 4.21 Å². The monoisotopic (exact) mass is 274 g/mol. The summed E-state index contributed by atoms with van der Waals surface area (Å²) in [6.07, 6.45) is 0. The van der Waals surface area contributed by atoms with Crippen LogP contribution in [-0.2, 0) is 10.0 Å². The summed E-state index contributed by atoms with van der Waals surface area (Å²) in [7, 11) is -3.31. The molecule has 4 nitrogen and oxygen atoms in total. The SMILES string of the molecule is Cc1cc(C)c(S(=O)(=O)N2CCNC[C@@H]2C)s1. The van der Waals surface area contributed by atoms with Crippen molar-refractivity contribution in [3.63, 3.8) is 0 Å². The quantitative estimate of drug-likeness (QED) is 0.885. The van der Waals surface area contributed by atoms with Gasteiger partial charge in [-0.05, 0) is 32.4 Å². The maximum Gasteiger partial charge on any atom is 0.253 e. The van der Waals surface area contributed by atoms with Crippen molar-refractivity contribution in [1.29, 1.82) is 0 Å². The summed E-state index contributed by atoms with van der Waals surface area (Å²) in [5.74, 6) is 0. The standard InChI is InChI=1S/C11H18N2O2S2/c1-8-6-10(3)16-11(8)17(14,15)13-5-4-12-7-9(13)2/h6,9,12H,4-5,7H2,1-3H3/t9-/m0/s1. The predicted octanol–water partition coefficient (Wildman–Crippen LogP) is 1.35. The Morgan fingerprint density at radius 3 is 2.71 bits per heavy atom. The van der Waals surface area contributed by atoms with Gasteiger partial charge in [0.25, 0.3) is 10.0 Å². The Hall–Kier alpha value is -0.430. The fourth-order valence-electron chi connectivity index (χ4n) is 2.16. The molecular formula is C11H18N2O2S2. The van der Waals surface area contributed by atoms with Gasteiger partial charge in [-0.25, -0.2) is 8.42 Å². The van der Waals surface area contributed by atoms with Gasteiger partial charge in [0.2, 0.25) is 0 Å². The van der Waals surface area contributed by atoms with Crippen LogP contribution in [0.4, 0.5) is 0 Å². The van der Waals surface area contributed by atoms with E-state index in [1.807, 2.05) is 26.8 Å². The lowest BCUT2D eigenvalue weighted by molar-refractivity contribution is 0.284. The second kappa shape index (κ2) is 4.68. The van der Waals surface area contributed by atoms with Crippen molar-refractivity contribution in [3.05, 3.63) is 16.5 Å². The van der Waals surface area contributed by atoms with E-state index in [1.165, 1.54) is 11.3 Å². The molecule has 0 bridgehead atoms. The second-order valence-corrected chi connectivity index (χ2v) is 7.84. The minimum absolute atomic E-state index is 0.0237. The zero-order valence-electron chi connectivity index (χ0n) is 10.4. The molecule has 96 valence electrons. The van der Waals surface area contributed by atoms with Gasteiger partial charge < -0.3 is 5.32 Å². The van der Waals surface area contributed by atoms with Crippen LogP contribution in [-0.4, -0.2) is 38.4 Å². The Labute approximate surface area is 107 Å². The first kappa shape index (κ1) is 13.0. The number of nitrogens with one attached hydrogen (secondary N) is 1. The molecule has 1 saturated heterocycles. The van der Waals surface area contributed by atoms with E-state index in [0.717, 1.165) is 23.5 Å². The minimum Gasteiger partial charge on any atom is -0.314 e. The number of sulfonamides is 1. The lowest BCUT2D eigenvalue weighted by Gasteiger charge is -2.32. The van der Waals surface area contributed by atoms with Crippen molar-refractivity contribution >= 4 is 21.4 Å². The van der Waals surface area contributed by atoms with E-state index in [9.17, 15) is 8.42 Å². The number of piperazine rings is 1. The van der Waals surface area contributed by atoms with E-state index >= 15 is 0 Å². The summed E-state index contributed by atoms with van der Waals surface area (Å²) in [4.78, 5) is 1.05. The van der Waals surface area contributed by atoms with Gasteiger partial charge in [0.15, 0.2) is 0 Å². The summed E-state index contributed by atoms with van der Waals surface area (Å²) in [6.45, 7) is 7.76. The van der Waals surface area contributed by atoms with Crippen LogP contribution in [0.3, 0.4) is 0 Å². The van der Waals surface area contributed by atoms with Crippen LogP contribution in [0, 0.1) is 13.8 Å². The maximum atomic E-state index is 12.5. The molecular weight excluding hydrogens is 256 g/mol. The van der Waals surface area contributed by atoms with Crippen LogP contribution in [0.1, 0.15) is 17.4 Å². The zero-order chi connectivity index (χ0) is 12.6. The van der Waals surface area contributed by atoms with Crippen LogP contribution in [0.5, 0.6) is 0 Å². The highest BCUT2D eigenvalue weighted by Gasteiger charge is 2.32.